The Morgan fingerprint density at radius 2 is 1.87 bits per heavy atom. The molecule has 0 spiro atoms. The van der Waals surface area contributed by atoms with Crippen molar-refractivity contribution in [3.63, 3.8) is 0 Å². The minimum atomic E-state index is 0. The van der Waals surface area contributed by atoms with Crippen molar-refractivity contribution in [1.29, 1.82) is 0 Å². The zero-order valence-electron chi connectivity index (χ0n) is 18.9. The topological polar surface area (TPSA) is 75.9 Å². The Labute approximate surface area is 202 Å². The molecule has 1 aliphatic heterocycles. The molecule has 1 aliphatic rings. The van der Waals surface area contributed by atoms with Crippen LogP contribution in [-0.2, 0) is 11.3 Å². The number of aliphatic imine (C=N–C) groups is 1. The maximum absolute atomic E-state index is 5.50. The summed E-state index contributed by atoms with van der Waals surface area (Å²) in [6.45, 7) is 9.58. The number of hydrogen-bond acceptors (Lipinski definition) is 5. The Morgan fingerprint density at radius 1 is 1.16 bits per heavy atom. The average molecular weight is 542 g/mol. The molecule has 2 aromatic rings. The number of ether oxygens (including phenoxy) is 2. The number of methoxy groups -OCH3 is 1. The third-order valence-corrected chi connectivity index (χ3v) is 5.40. The van der Waals surface area contributed by atoms with Crippen LogP contribution in [-0.4, -0.2) is 73.7 Å². The summed E-state index contributed by atoms with van der Waals surface area (Å²) in [5, 5.41) is 11.5. The van der Waals surface area contributed by atoms with Crippen LogP contribution in [0.25, 0.3) is 5.69 Å². The van der Waals surface area contributed by atoms with E-state index in [1.54, 1.807) is 14.2 Å². The fourth-order valence-electron chi connectivity index (χ4n) is 3.63. The predicted octanol–water partition coefficient (Wildman–Crippen LogP) is 2.52. The van der Waals surface area contributed by atoms with E-state index in [2.05, 4.69) is 39.5 Å². The number of nitrogens with zero attached hydrogens (tertiary/aromatic N) is 4. The Kier molecular flexibility index (Phi) is 10.6. The summed E-state index contributed by atoms with van der Waals surface area (Å²) >= 11 is 0. The van der Waals surface area contributed by atoms with Crippen molar-refractivity contribution in [3.05, 3.63) is 42.2 Å². The normalized spacial score (nSPS) is 16.0. The SMILES string of the molecule is CN=C(NCc1ccn(-c2ccc(OC)cc2)n1)NCC(C(C)C)N1CCOCC1.I. The van der Waals surface area contributed by atoms with Gasteiger partial charge in [0.2, 0.25) is 0 Å². The van der Waals surface area contributed by atoms with Gasteiger partial charge in [0.15, 0.2) is 5.96 Å². The number of hydrogen-bond donors (Lipinski definition) is 2. The second kappa shape index (κ2) is 12.9. The van der Waals surface area contributed by atoms with Gasteiger partial charge < -0.3 is 20.1 Å². The molecule has 3 rings (SSSR count). The number of halogens is 1. The molecule has 9 heteroatoms. The molecule has 1 unspecified atom stereocenters. The van der Waals surface area contributed by atoms with E-state index in [-0.39, 0.29) is 24.0 Å². The van der Waals surface area contributed by atoms with Crippen LogP contribution in [0, 0.1) is 5.92 Å². The van der Waals surface area contributed by atoms with Crippen molar-refractivity contribution >= 4 is 29.9 Å². The molecule has 0 amide bonds. The van der Waals surface area contributed by atoms with Gasteiger partial charge in [-0.05, 0) is 36.2 Å². The Hall–Kier alpha value is -1.85. The summed E-state index contributed by atoms with van der Waals surface area (Å²) in [6.07, 6.45) is 1.96. The fraction of sp³-hybridized carbons (Fsp3) is 0.545. The van der Waals surface area contributed by atoms with Crippen LogP contribution < -0.4 is 15.4 Å². The molecule has 0 radical (unpaired) electrons. The second-order valence-electron chi connectivity index (χ2n) is 7.72. The average Bonchev–Trinajstić information content (AvgIpc) is 3.25. The lowest BCUT2D eigenvalue weighted by Crippen LogP contribution is -2.52. The highest BCUT2D eigenvalue weighted by molar-refractivity contribution is 14.0. The lowest BCUT2D eigenvalue weighted by molar-refractivity contribution is 0.00752. The van der Waals surface area contributed by atoms with Gasteiger partial charge in [0, 0.05) is 38.9 Å². The maximum atomic E-state index is 5.50. The molecule has 2 heterocycles. The Morgan fingerprint density at radius 3 is 2.48 bits per heavy atom. The van der Waals surface area contributed by atoms with Gasteiger partial charge in [-0.25, -0.2) is 4.68 Å². The fourth-order valence-corrected chi connectivity index (χ4v) is 3.63. The molecule has 172 valence electrons. The molecule has 1 fully saturated rings. The van der Waals surface area contributed by atoms with E-state index in [0.29, 0.717) is 18.5 Å². The highest BCUT2D eigenvalue weighted by atomic mass is 127. The van der Waals surface area contributed by atoms with Gasteiger partial charge >= 0.3 is 0 Å². The first kappa shape index (κ1) is 25.4. The molecular formula is C22H35IN6O2. The number of rotatable bonds is 8. The smallest absolute Gasteiger partial charge is 0.191 e. The quantitative estimate of drug-likeness (QED) is 0.304. The van der Waals surface area contributed by atoms with Gasteiger partial charge in [0.05, 0.1) is 38.2 Å². The lowest BCUT2D eigenvalue weighted by Gasteiger charge is -2.37. The molecule has 1 saturated heterocycles. The van der Waals surface area contributed by atoms with Gasteiger partial charge in [0.1, 0.15) is 5.75 Å². The molecular weight excluding hydrogens is 507 g/mol. The van der Waals surface area contributed by atoms with Crippen LogP contribution in [0.3, 0.4) is 0 Å². The lowest BCUT2D eigenvalue weighted by atomic mass is 10.0. The van der Waals surface area contributed by atoms with Gasteiger partial charge in [-0.15, -0.1) is 24.0 Å². The summed E-state index contributed by atoms with van der Waals surface area (Å²) in [7, 11) is 3.46. The summed E-state index contributed by atoms with van der Waals surface area (Å²) in [4.78, 5) is 6.87. The predicted molar refractivity (Wildman–Crippen MR) is 135 cm³/mol. The van der Waals surface area contributed by atoms with Gasteiger partial charge in [0.25, 0.3) is 0 Å². The van der Waals surface area contributed by atoms with Crippen LogP contribution in [0.2, 0.25) is 0 Å². The van der Waals surface area contributed by atoms with E-state index in [0.717, 1.165) is 55.9 Å². The zero-order chi connectivity index (χ0) is 21.3. The minimum absolute atomic E-state index is 0. The molecule has 1 atom stereocenters. The number of benzene rings is 1. The molecule has 0 bridgehead atoms. The largest absolute Gasteiger partial charge is 0.497 e. The first-order valence-corrected chi connectivity index (χ1v) is 10.6. The van der Waals surface area contributed by atoms with Crippen molar-refractivity contribution in [2.75, 3.05) is 47.0 Å². The highest BCUT2D eigenvalue weighted by Gasteiger charge is 2.23. The summed E-state index contributed by atoms with van der Waals surface area (Å²) in [5.74, 6) is 2.17. The molecule has 2 N–H and O–H groups in total. The zero-order valence-corrected chi connectivity index (χ0v) is 21.2. The number of guanidine groups is 1. The molecule has 8 nitrogen and oxygen atoms in total. The van der Waals surface area contributed by atoms with E-state index in [1.807, 2.05) is 41.2 Å². The monoisotopic (exact) mass is 542 g/mol. The van der Waals surface area contributed by atoms with Gasteiger partial charge in [-0.3, -0.25) is 9.89 Å². The van der Waals surface area contributed by atoms with E-state index in [9.17, 15) is 0 Å². The van der Waals surface area contributed by atoms with Crippen molar-refractivity contribution in [2.45, 2.75) is 26.4 Å². The number of morpholine rings is 1. The van der Waals surface area contributed by atoms with E-state index in [1.165, 1.54) is 0 Å². The van der Waals surface area contributed by atoms with E-state index in [4.69, 9.17) is 9.47 Å². The first-order valence-electron chi connectivity index (χ1n) is 10.6. The molecule has 0 saturated carbocycles. The van der Waals surface area contributed by atoms with Crippen molar-refractivity contribution < 1.29 is 9.47 Å². The summed E-state index contributed by atoms with van der Waals surface area (Å²) < 4.78 is 12.6. The maximum Gasteiger partial charge on any atom is 0.191 e. The highest BCUT2D eigenvalue weighted by Crippen LogP contribution is 2.15. The number of aromatic nitrogens is 2. The summed E-state index contributed by atoms with van der Waals surface area (Å²) in [6, 6.07) is 10.3. The second-order valence-corrected chi connectivity index (χ2v) is 7.72. The van der Waals surface area contributed by atoms with Crippen LogP contribution >= 0.6 is 24.0 Å². The number of nitrogens with one attached hydrogen (secondary N) is 2. The molecule has 1 aromatic heterocycles. The third kappa shape index (κ3) is 7.36. The van der Waals surface area contributed by atoms with Crippen molar-refractivity contribution in [2.24, 2.45) is 10.9 Å². The molecule has 0 aliphatic carbocycles. The van der Waals surface area contributed by atoms with Crippen LogP contribution in [0.4, 0.5) is 0 Å². The minimum Gasteiger partial charge on any atom is -0.497 e. The molecule has 1 aromatic carbocycles. The van der Waals surface area contributed by atoms with Crippen LogP contribution in [0.1, 0.15) is 19.5 Å². The Bertz CT molecular complexity index is 803. The van der Waals surface area contributed by atoms with Crippen LogP contribution in [0.5, 0.6) is 5.75 Å². The standard InChI is InChI=1S/C22H34N6O2.HI/c1-17(2)21(27-11-13-30-14-12-27)16-25-22(23-3)24-15-18-9-10-28(26-18)19-5-7-20(29-4)8-6-19;/h5-10,17,21H,11-16H2,1-4H3,(H2,23,24,25);1H. The third-order valence-electron chi connectivity index (χ3n) is 5.40. The van der Waals surface area contributed by atoms with Gasteiger partial charge in [-0.1, -0.05) is 13.8 Å². The van der Waals surface area contributed by atoms with Gasteiger partial charge in [-0.2, -0.15) is 5.10 Å². The van der Waals surface area contributed by atoms with Crippen molar-refractivity contribution in [1.82, 2.24) is 25.3 Å². The summed E-state index contributed by atoms with van der Waals surface area (Å²) in [5.41, 5.74) is 1.94. The molecule has 31 heavy (non-hydrogen) atoms. The van der Waals surface area contributed by atoms with Crippen LogP contribution in [0.15, 0.2) is 41.5 Å². The van der Waals surface area contributed by atoms with E-state index < -0.39 is 0 Å². The Balaban J connectivity index is 0.00000341. The first-order chi connectivity index (χ1) is 14.6. The van der Waals surface area contributed by atoms with E-state index >= 15 is 0 Å². The van der Waals surface area contributed by atoms with Crippen molar-refractivity contribution in [3.8, 4) is 11.4 Å².